The van der Waals surface area contributed by atoms with E-state index >= 15 is 0 Å². The quantitative estimate of drug-likeness (QED) is 0.812. The number of benzene rings is 1. The molecule has 2 heteroatoms. The smallest absolute Gasteiger partial charge is 0.107 e. The van der Waals surface area contributed by atoms with Gasteiger partial charge >= 0.3 is 0 Å². The van der Waals surface area contributed by atoms with Crippen LogP contribution in [0.25, 0.3) is 0 Å². The molecule has 0 radical (unpaired) electrons. The second-order valence-electron chi connectivity index (χ2n) is 3.88. The van der Waals surface area contributed by atoms with Gasteiger partial charge in [0.1, 0.15) is 6.10 Å². The maximum absolute atomic E-state index is 10.1. The van der Waals surface area contributed by atoms with E-state index in [1.54, 1.807) is 18.6 Å². The average Bonchev–Trinajstić information content (AvgIpc) is 2.67. The van der Waals surface area contributed by atoms with Gasteiger partial charge < -0.3 is 9.52 Å². The number of rotatable bonds is 2. The van der Waals surface area contributed by atoms with E-state index in [0.717, 1.165) is 22.3 Å². The van der Waals surface area contributed by atoms with Crippen molar-refractivity contribution in [3.63, 3.8) is 0 Å². The fourth-order valence-electron chi connectivity index (χ4n) is 1.79. The molecule has 0 saturated heterocycles. The molecule has 1 atom stereocenters. The Morgan fingerprint density at radius 3 is 2.27 bits per heavy atom. The van der Waals surface area contributed by atoms with Crippen molar-refractivity contribution in [1.29, 1.82) is 0 Å². The zero-order valence-corrected chi connectivity index (χ0v) is 8.90. The molecule has 0 fully saturated rings. The first kappa shape index (κ1) is 9.99. The molecule has 0 spiro atoms. The maximum Gasteiger partial charge on any atom is 0.107 e. The molecule has 0 saturated carbocycles. The molecular weight excluding hydrogens is 188 g/mol. The third-order valence-electron chi connectivity index (χ3n) is 2.42. The zero-order chi connectivity index (χ0) is 10.8. The lowest BCUT2D eigenvalue weighted by Crippen LogP contribution is -1.98. The molecule has 2 rings (SSSR count). The van der Waals surface area contributed by atoms with E-state index in [1.165, 1.54) is 0 Å². The van der Waals surface area contributed by atoms with Crippen LogP contribution in [0.5, 0.6) is 0 Å². The molecule has 0 unspecified atom stereocenters. The summed E-state index contributed by atoms with van der Waals surface area (Å²) in [6.07, 6.45) is 2.55. The van der Waals surface area contributed by atoms with E-state index in [0.29, 0.717) is 0 Å². The molecule has 1 aromatic carbocycles. The van der Waals surface area contributed by atoms with Gasteiger partial charge in [-0.2, -0.15) is 0 Å². The first-order valence-electron chi connectivity index (χ1n) is 4.95. The molecule has 0 aliphatic rings. The van der Waals surface area contributed by atoms with Crippen molar-refractivity contribution in [2.45, 2.75) is 20.0 Å². The molecule has 0 bridgehead atoms. The predicted octanol–water partition coefficient (Wildman–Crippen LogP) is 2.98. The predicted molar refractivity (Wildman–Crippen MR) is 58.7 cm³/mol. The molecule has 0 aliphatic carbocycles. The van der Waals surface area contributed by atoms with Gasteiger partial charge in [0.25, 0.3) is 0 Å². The van der Waals surface area contributed by atoms with E-state index in [4.69, 9.17) is 4.42 Å². The Morgan fingerprint density at radius 1 is 1.07 bits per heavy atom. The summed E-state index contributed by atoms with van der Waals surface area (Å²) in [5.74, 6) is 0. The van der Waals surface area contributed by atoms with E-state index in [-0.39, 0.29) is 0 Å². The van der Waals surface area contributed by atoms with Crippen LogP contribution >= 0.6 is 0 Å². The Hall–Kier alpha value is -1.54. The summed E-state index contributed by atoms with van der Waals surface area (Å²) in [4.78, 5) is 0. The lowest BCUT2D eigenvalue weighted by atomic mass is 10.00. The summed E-state index contributed by atoms with van der Waals surface area (Å²) in [6.45, 7) is 4.05. The van der Waals surface area contributed by atoms with Crippen molar-refractivity contribution < 1.29 is 9.52 Å². The van der Waals surface area contributed by atoms with Crippen LogP contribution in [-0.4, -0.2) is 5.11 Å². The molecule has 0 amide bonds. The van der Waals surface area contributed by atoms with Gasteiger partial charge in [0, 0.05) is 5.56 Å². The highest BCUT2D eigenvalue weighted by molar-refractivity contribution is 5.34. The number of aliphatic hydroxyl groups is 1. The summed E-state index contributed by atoms with van der Waals surface area (Å²) in [5, 5.41) is 10.1. The monoisotopic (exact) mass is 202 g/mol. The van der Waals surface area contributed by atoms with E-state index in [9.17, 15) is 5.11 Å². The van der Waals surface area contributed by atoms with E-state index in [2.05, 4.69) is 6.07 Å². The minimum absolute atomic E-state index is 0.595. The first-order chi connectivity index (χ1) is 7.16. The highest BCUT2D eigenvalue weighted by Gasteiger charge is 2.11. The molecular formula is C13H14O2. The van der Waals surface area contributed by atoms with Crippen molar-refractivity contribution in [2.75, 3.05) is 0 Å². The van der Waals surface area contributed by atoms with Crippen molar-refractivity contribution >= 4 is 0 Å². The molecule has 1 N–H and O–H groups in total. The minimum Gasteiger partial charge on any atom is -0.472 e. The van der Waals surface area contributed by atoms with E-state index < -0.39 is 6.10 Å². The highest BCUT2D eigenvalue weighted by Crippen LogP contribution is 2.23. The van der Waals surface area contributed by atoms with Gasteiger partial charge in [0.2, 0.25) is 0 Å². The van der Waals surface area contributed by atoms with Gasteiger partial charge in [-0.15, -0.1) is 0 Å². The van der Waals surface area contributed by atoms with Crippen LogP contribution in [0.1, 0.15) is 28.4 Å². The third kappa shape index (κ3) is 2.10. The number of aliphatic hydroxyl groups excluding tert-OH is 1. The van der Waals surface area contributed by atoms with Crippen LogP contribution in [0, 0.1) is 13.8 Å². The van der Waals surface area contributed by atoms with Crippen LogP contribution < -0.4 is 0 Å². The molecule has 78 valence electrons. The van der Waals surface area contributed by atoms with Crippen molar-refractivity contribution in [3.8, 4) is 0 Å². The summed E-state index contributed by atoms with van der Waals surface area (Å²) >= 11 is 0. The Balaban J connectivity index is 2.37. The van der Waals surface area contributed by atoms with Crippen LogP contribution in [-0.2, 0) is 0 Å². The molecule has 1 aromatic heterocycles. The Bertz CT molecular complexity index is 423. The third-order valence-corrected chi connectivity index (χ3v) is 2.42. The van der Waals surface area contributed by atoms with Gasteiger partial charge in [-0.25, -0.2) is 0 Å². The molecule has 1 heterocycles. The molecule has 2 nitrogen and oxygen atoms in total. The fourth-order valence-corrected chi connectivity index (χ4v) is 1.79. The lowest BCUT2D eigenvalue weighted by Gasteiger charge is -2.10. The standard InChI is InChI=1S/C13H14O2/c1-9-5-10(2)7-12(6-9)13(14)11-3-4-15-8-11/h3-8,13-14H,1-2H3/t13-/m1/s1. The van der Waals surface area contributed by atoms with Gasteiger partial charge in [-0.3, -0.25) is 0 Å². The second kappa shape index (κ2) is 3.91. The first-order valence-corrected chi connectivity index (χ1v) is 4.95. The topological polar surface area (TPSA) is 33.4 Å². The van der Waals surface area contributed by atoms with Gasteiger partial charge in [0.05, 0.1) is 12.5 Å². The summed E-state index contributed by atoms with van der Waals surface area (Å²) < 4.78 is 4.96. The van der Waals surface area contributed by atoms with Gasteiger partial charge in [0.15, 0.2) is 0 Å². The zero-order valence-electron chi connectivity index (χ0n) is 8.90. The van der Waals surface area contributed by atoms with Crippen molar-refractivity contribution in [3.05, 3.63) is 59.0 Å². The van der Waals surface area contributed by atoms with Crippen LogP contribution in [0.2, 0.25) is 0 Å². The molecule has 0 aliphatic heterocycles. The van der Waals surface area contributed by atoms with Crippen LogP contribution in [0.3, 0.4) is 0 Å². The fraction of sp³-hybridized carbons (Fsp3) is 0.231. The Labute approximate surface area is 89.2 Å². The summed E-state index contributed by atoms with van der Waals surface area (Å²) in [7, 11) is 0. The Kier molecular flexibility index (Phi) is 2.60. The van der Waals surface area contributed by atoms with Gasteiger partial charge in [-0.05, 0) is 25.5 Å². The summed E-state index contributed by atoms with van der Waals surface area (Å²) in [5.41, 5.74) is 4.02. The number of aryl methyl sites for hydroxylation is 2. The highest BCUT2D eigenvalue weighted by atomic mass is 16.3. The lowest BCUT2D eigenvalue weighted by molar-refractivity contribution is 0.219. The normalized spacial score (nSPS) is 12.7. The number of hydrogen-bond acceptors (Lipinski definition) is 2. The Morgan fingerprint density at radius 2 is 1.73 bits per heavy atom. The van der Waals surface area contributed by atoms with Gasteiger partial charge in [-0.1, -0.05) is 29.3 Å². The van der Waals surface area contributed by atoms with E-state index in [1.807, 2.05) is 26.0 Å². The maximum atomic E-state index is 10.1. The average molecular weight is 202 g/mol. The number of hydrogen-bond donors (Lipinski definition) is 1. The summed E-state index contributed by atoms with van der Waals surface area (Å²) in [6, 6.07) is 7.85. The second-order valence-corrected chi connectivity index (χ2v) is 3.88. The molecule has 2 aromatic rings. The number of furan rings is 1. The van der Waals surface area contributed by atoms with Crippen LogP contribution in [0.4, 0.5) is 0 Å². The van der Waals surface area contributed by atoms with Crippen molar-refractivity contribution in [2.24, 2.45) is 0 Å². The SMILES string of the molecule is Cc1cc(C)cc([C@H](O)c2ccoc2)c1. The minimum atomic E-state index is -0.595. The van der Waals surface area contributed by atoms with Crippen molar-refractivity contribution in [1.82, 2.24) is 0 Å². The van der Waals surface area contributed by atoms with Crippen LogP contribution in [0.15, 0.2) is 41.2 Å². The largest absolute Gasteiger partial charge is 0.472 e. The molecule has 15 heavy (non-hydrogen) atoms.